The molecule has 0 unspecified atom stereocenters. The molecule has 1 heterocycles. The van der Waals surface area contributed by atoms with Crippen molar-refractivity contribution in [1.29, 1.82) is 0 Å². The fourth-order valence-corrected chi connectivity index (χ4v) is 3.17. The molecule has 0 aliphatic heterocycles. The van der Waals surface area contributed by atoms with Gasteiger partial charge in [0.15, 0.2) is 0 Å². The van der Waals surface area contributed by atoms with Gasteiger partial charge in [0.1, 0.15) is 24.5 Å². The molecule has 0 radical (unpaired) electrons. The quantitative estimate of drug-likeness (QED) is 0.896. The molecule has 1 saturated carbocycles. The van der Waals surface area contributed by atoms with E-state index in [0.717, 1.165) is 5.75 Å². The highest BCUT2D eigenvalue weighted by Gasteiger charge is 2.40. The molecule has 1 aliphatic carbocycles. The maximum Gasteiger partial charge on any atom is 0.244 e. The van der Waals surface area contributed by atoms with Crippen LogP contribution in [0.4, 0.5) is 0 Å². The van der Waals surface area contributed by atoms with Gasteiger partial charge in [-0.2, -0.15) is 5.10 Å². The van der Waals surface area contributed by atoms with Crippen LogP contribution in [-0.2, 0) is 11.3 Å². The van der Waals surface area contributed by atoms with Gasteiger partial charge in [-0.05, 0) is 25.0 Å². The van der Waals surface area contributed by atoms with Crippen molar-refractivity contribution in [2.45, 2.75) is 37.6 Å². The first-order chi connectivity index (χ1) is 11.5. The normalized spacial score (nSPS) is 23.2. The molecule has 0 spiro atoms. The molecule has 0 bridgehead atoms. The third-order valence-electron chi connectivity index (χ3n) is 4.34. The molecule has 1 aromatic heterocycles. The minimum Gasteiger partial charge on any atom is -0.488 e. The first kappa shape index (κ1) is 16.8. The molecule has 128 valence electrons. The number of benzene rings is 1. The topological polar surface area (TPSA) is 67.6 Å². The Morgan fingerprint density at radius 2 is 2.17 bits per heavy atom. The summed E-state index contributed by atoms with van der Waals surface area (Å²) in [5.41, 5.74) is 0. The lowest BCUT2D eigenvalue weighted by molar-refractivity contribution is -0.135. The lowest BCUT2D eigenvalue weighted by Gasteiger charge is -2.28. The highest BCUT2D eigenvalue weighted by atomic mass is 35.5. The smallest absolute Gasteiger partial charge is 0.244 e. The minimum atomic E-state index is -0.722. The summed E-state index contributed by atoms with van der Waals surface area (Å²) >= 11 is 5.81. The Hall–Kier alpha value is -2.05. The number of carbonyl (C=O) groups is 1. The van der Waals surface area contributed by atoms with Gasteiger partial charge in [-0.25, -0.2) is 0 Å². The van der Waals surface area contributed by atoms with E-state index in [1.807, 2.05) is 30.3 Å². The van der Waals surface area contributed by atoms with Gasteiger partial charge in [-0.15, -0.1) is 0 Å². The van der Waals surface area contributed by atoms with Crippen molar-refractivity contribution in [3.8, 4) is 5.75 Å². The first-order valence-corrected chi connectivity index (χ1v) is 8.26. The van der Waals surface area contributed by atoms with Gasteiger partial charge in [-0.3, -0.25) is 9.48 Å². The maximum atomic E-state index is 12.4. The molecule has 24 heavy (non-hydrogen) atoms. The number of hydrogen-bond donors (Lipinski definition) is 1. The number of hydrogen-bond acceptors (Lipinski definition) is 4. The van der Waals surface area contributed by atoms with Crippen LogP contribution in [0.2, 0.25) is 5.02 Å². The Kier molecular flexibility index (Phi) is 5.06. The molecular weight excluding hydrogens is 330 g/mol. The predicted molar refractivity (Wildman–Crippen MR) is 89.9 cm³/mol. The number of halogens is 1. The molecular formula is C17H20ClN3O3. The van der Waals surface area contributed by atoms with Crippen molar-refractivity contribution in [2.75, 3.05) is 7.05 Å². The number of nitrogens with zero attached hydrogens (tertiary/aromatic N) is 3. The molecule has 1 fully saturated rings. The van der Waals surface area contributed by atoms with Gasteiger partial charge in [0.2, 0.25) is 5.91 Å². The molecule has 1 aromatic carbocycles. The van der Waals surface area contributed by atoms with E-state index in [-0.39, 0.29) is 24.6 Å². The minimum absolute atomic E-state index is 0.0939. The summed E-state index contributed by atoms with van der Waals surface area (Å²) in [6.45, 7) is 0.0939. The number of aliphatic hydroxyl groups is 1. The highest BCUT2D eigenvalue weighted by molar-refractivity contribution is 6.30. The highest BCUT2D eigenvalue weighted by Crippen LogP contribution is 2.28. The van der Waals surface area contributed by atoms with E-state index in [0.29, 0.717) is 17.9 Å². The average molecular weight is 350 g/mol. The first-order valence-electron chi connectivity index (χ1n) is 7.88. The molecule has 0 saturated heterocycles. The van der Waals surface area contributed by atoms with Crippen LogP contribution in [0, 0.1) is 0 Å². The molecule has 1 N–H and O–H groups in total. The van der Waals surface area contributed by atoms with Gasteiger partial charge < -0.3 is 14.7 Å². The Labute approximate surface area is 145 Å². The summed E-state index contributed by atoms with van der Waals surface area (Å²) in [7, 11) is 1.70. The van der Waals surface area contributed by atoms with Crippen molar-refractivity contribution >= 4 is 17.5 Å². The third kappa shape index (κ3) is 3.71. The lowest BCUT2D eigenvalue weighted by atomic mass is 10.1. The zero-order valence-electron chi connectivity index (χ0n) is 13.4. The van der Waals surface area contributed by atoms with Crippen LogP contribution in [0.5, 0.6) is 5.75 Å². The van der Waals surface area contributed by atoms with E-state index in [9.17, 15) is 9.90 Å². The molecule has 3 rings (SSSR count). The van der Waals surface area contributed by atoms with E-state index in [2.05, 4.69) is 5.10 Å². The van der Waals surface area contributed by atoms with Gasteiger partial charge in [0, 0.05) is 13.2 Å². The summed E-state index contributed by atoms with van der Waals surface area (Å²) < 4.78 is 7.33. The average Bonchev–Trinajstić information content (AvgIpc) is 3.14. The SMILES string of the molecule is CN(C(=O)Cn1cc(Cl)cn1)[C@@H]1CC[C@@H](Oc2ccccc2)[C@@H]1O. The third-order valence-corrected chi connectivity index (χ3v) is 4.54. The van der Waals surface area contributed by atoms with Crippen LogP contribution < -0.4 is 4.74 Å². The van der Waals surface area contributed by atoms with E-state index in [1.165, 1.54) is 10.9 Å². The number of ether oxygens (including phenoxy) is 1. The van der Waals surface area contributed by atoms with Gasteiger partial charge >= 0.3 is 0 Å². The summed E-state index contributed by atoms with van der Waals surface area (Å²) in [5, 5.41) is 15.0. The Bertz CT molecular complexity index is 691. The van der Waals surface area contributed by atoms with Crippen molar-refractivity contribution in [1.82, 2.24) is 14.7 Å². The summed E-state index contributed by atoms with van der Waals surface area (Å²) in [4.78, 5) is 14.0. The van der Waals surface area contributed by atoms with Gasteiger partial charge in [0.25, 0.3) is 0 Å². The second-order valence-corrected chi connectivity index (χ2v) is 6.40. The van der Waals surface area contributed by atoms with Crippen molar-refractivity contribution in [2.24, 2.45) is 0 Å². The van der Waals surface area contributed by atoms with Crippen molar-refractivity contribution in [3.63, 3.8) is 0 Å². The number of para-hydroxylation sites is 1. The zero-order valence-corrected chi connectivity index (χ0v) is 14.1. The standard InChI is InChI=1S/C17H20ClN3O3/c1-20(16(22)11-21-10-12(18)9-19-21)14-7-8-15(17(14)23)24-13-5-3-2-4-6-13/h2-6,9-10,14-15,17,23H,7-8,11H2,1H3/t14-,15-,17-/m1/s1. The van der Waals surface area contributed by atoms with Gasteiger partial charge in [0.05, 0.1) is 17.3 Å². The summed E-state index contributed by atoms with van der Waals surface area (Å²) in [5.74, 6) is 0.599. The molecule has 3 atom stereocenters. The Morgan fingerprint density at radius 1 is 1.42 bits per heavy atom. The maximum absolute atomic E-state index is 12.4. The summed E-state index contributed by atoms with van der Waals surface area (Å²) in [6, 6.07) is 9.14. The van der Waals surface area contributed by atoms with Crippen LogP contribution in [0.3, 0.4) is 0 Å². The van der Waals surface area contributed by atoms with Crippen molar-refractivity contribution < 1.29 is 14.6 Å². The fraction of sp³-hybridized carbons (Fsp3) is 0.412. The number of aromatic nitrogens is 2. The predicted octanol–water partition coefficient (Wildman–Crippen LogP) is 1.97. The van der Waals surface area contributed by atoms with Crippen LogP contribution in [-0.4, -0.2) is 51.0 Å². The van der Waals surface area contributed by atoms with E-state index in [4.69, 9.17) is 16.3 Å². The van der Waals surface area contributed by atoms with E-state index >= 15 is 0 Å². The molecule has 1 amide bonds. The number of carbonyl (C=O) groups excluding carboxylic acids is 1. The largest absolute Gasteiger partial charge is 0.488 e. The monoisotopic (exact) mass is 349 g/mol. The van der Waals surface area contributed by atoms with E-state index in [1.54, 1.807) is 18.1 Å². The molecule has 2 aromatic rings. The molecule has 1 aliphatic rings. The number of rotatable bonds is 5. The second kappa shape index (κ2) is 7.23. The Balaban J connectivity index is 1.59. The van der Waals surface area contributed by atoms with Crippen LogP contribution in [0.25, 0.3) is 0 Å². The zero-order chi connectivity index (χ0) is 17.1. The van der Waals surface area contributed by atoms with Crippen LogP contribution in [0.15, 0.2) is 42.7 Å². The van der Waals surface area contributed by atoms with Crippen LogP contribution >= 0.6 is 11.6 Å². The summed E-state index contributed by atoms with van der Waals surface area (Å²) in [6.07, 6.45) is 3.45. The van der Waals surface area contributed by atoms with E-state index < -0.39 is 6.10 Å². The fourth-order valence-electron chi connectivity index (χ4n) is 3.01. The molecule has 6 nitrogen and oxygen atoms in total. The Morgan fingerprint density at radius 3 is 2.83 bits per heavy atom. The lowest BCUT2D eigenvalue weighted by Crippen LogP contribution is -2.46. The number of likely N-dealkylation sites (N-methyl/N-ethyl adjacent to an activating group) is 1. The van der Waals surface area contributed by atoms with Gasteiger partial charge in [-0.1, -0.05) is 29.8 Å². The van der Waals surface area contributed by atoms with Crippen molar-refractivity contribution in [3.05, 3.63) is 47.7 Å². The second-order valence-electron chi connectivity index (χ2n) is 5.97. The number of aliphatic hydroxyl groups excluding tert-OH is 1. The van der Waals surface area contributed by atoms with Crippen LogP contribution in [0.1, 0.15) is 12.8 Å². The number of amides is 1. The molecule has 7 heteroatoms.